The van der Waals surface area contributed by atoms with Crippen LogP contribution in [0.25, 0.3) is 0 Å². The Morgan fingerprint density at radius 3 is 2.64 bits per heavy atom. The monoisotopic (exact) mass is 502 g/mol. The Kier molecular flexibility index (Phi) is 9.64. The molecule has 1 aliphatic heterocycles. The summed E-state index contributed by atoms with van der Waals surface area (Å²) in [6.45, 7) is 6.40. The second kappa shape index (κ2) is 12.7. The molecule has 2 N–H and O–H groups in total. The largest absolute Gasteiger partial charge is 0.503 e. The number of carbonyl (C=O) groups is 2. The molecular formula is C27H35FN2O6. The molecule has 0 spiro atoms. The molecule has 1 amide bonds. The molecule has 9 heteroatoms. The molecule has 2 heterocycles. The quantitative estimate of drug-likeness (QED) is 0.525. The van der Waals surface area contributed by atoms with E-state index in [1.54, 1.807) is 19.1 Å². The van der Waals surface area contributed by atoms with Gasteiger partial charge in [0.25, 0.3) is 5.91 Å². The van der Waals surface area contributed by atoms with E-state index in [0.29, 0.717) is 31.8 Å². The van der Waals surface area contributed by atoms with Crippen LogP contribution < -0.4 is 10.1 Å². The summed E-state index contributed by atoms with van der Waals surface area (Å²) in [6, 6.07) is 6.91. The van der Waals surface area contributed by atoms with Gasteiger partial charge >= 0.3 is 5.97 Å². The van der Waals surface area contributed by atoms with Gasteiger partial charge in [0.2, 0.25) is 0 Å². The zero-order valence-corrected chi connectivity index (χ0v) is 21.2. The number of hydrogen-bond donors (Lipinski definition) is 2. The third-order valence-corrected chi connectivity index (χ3v) is 6.24. The lowest BCUT2D eigenvalue weighted by Gasteiger charge is -2.32. The van der Waals surface area contributed by atoms with Crippen molar-refractivity contribution in [1.82, 2.24) is 10.3 Å². The summed E-state index contributed by atoms with van der Waals surface area (Å²) >= 11 is 0. The van der Waals surface area contributed by atoms with Crippen molar-refractivity contribution in [3.8, 4) is 11.5 Å². The van der Waals surface area contributed by atoms with Crippen molar-refractivity contribution < 1.29 is 33.3 Å². The molecule has 4 unspecified atom stereocenters. The Bertz CT molecular complexity index is 1030. The molecule has 0 bridgehead atoms. The van der Waals surface area contributed by atoms with Crippen molar-refractivity contribution in [1.29, 1.82) is 0 Å². The number of ether oxygens (including phenoxy) is 3. The maximum atomic E-state index is 13.4. The Labute approximate surface area is 211 Å². The summed E-state index contributed by atoms with van der Waals surface area (Å²) < 4.78 is 30.5. The van der Waals surface area contributed by atoms with E-state index in [9.17, 15) is 19.1 Å². The van der Waals surface area contributed by atoms with Crippen LogP contribution in [0.3, 0.4) is 0 Å². The smallest absolute Gasteiger partial charge is 0.329 e. The highest BCUT2D eigenvalue weighted by atomic mass is 19.1. The summed E-state index contributed by atoms with van der Waals surface area (Å²) in [5.74, 6) is -1.54. The number of halogens is 1. The summed E-state index contributed by atoms with van der Waals surface area (Å²) in [4.78, 5) is 29.8. The van der Waals surface area contributed by atoms with Crippen molar-refractivity contribution in [2.45, 2.75) is 64.7 Å². The molecule has 1 fully saturated rings. The van der Waals surface area contributed by atoms with Crippen molar-refractivity contribution >= 4 is 11.9 Å². The van der Waals surface area contributed by atoms with Gasteiger partial charge in [-0.15, -0.1) is 0 Å². The lowest BCUT2D eigenvalue weighted by Crippen LogP contribution is -2.45. The molecule has 8 nitrogen and oxygen atoms in total. The zero-order valence-electron chi connectivity index (χ0n) is 21.2. The molecule has 0 aliphatic carbocycles. The number of rotatable bonds is 8. The number of nitrogens with zero attached hydrogens (tertiary/aromatic N) is 1. The second-order valence-corrected chi connectivity index (χ2v) is 9.59. The van der Waals surface area contributed by atoms with E-state index >= 15 is 0 Å². The predicted octanol–water partition coefficient (Wildman–Crippen LogP) is 4.05. The molecule has 1 aliphatic rings. The molecule has 4 atom stereocenters. The van der Waals surface area contributed by atoms with Crippen molar-refractivity contribution in [2.24, 2.45) is 11.8 Å². The van der Waals surface area contributed by atoms with Gasteiger partial charge in [-0.2, -0.15) is 0 Å². The minimum Gasteiger partial charge on any atom is -0.503 e. The lowest BCUT2D eigenvalue weighted by molar-refractivity contribution is -0.161. The summed E-state index contributed by atoms with van der Waals surface area (Å²) in [5.41, 5.74) is 0.740. The highest BCUT2D eigenvalue weighted by molar-refractivity contribution is 5.97. The third-order valence-electron chi connectivity index (χ3n) is 6.24. The van der Waals surface area contributed by atoms with E-state index < -0.39 is 29.8 Å². The molecule has 0 saturated carbocycles. The van der Waals surface area contributed by atoms with Crippen molar-refractivity contribution in [2.75, 3.05) is 13.7 Å². The van der Waals surface area contributed by atoms with Gasteiger partial charge in [-0.3, -0.25) is 4.79 Å². The number of aromatic hydroxyl groups is 1. The topological polar surface area (TPSA) is 107 Å². The second-order valence-electron chi connectivity index (χ2n) is 9.59. The highest BCUT2D eigenvalue weighted by Gasteiger charge is 2.35. The minimum atomic E-state index is -0.914. The van der Waals surface area contributed by atoms with Crippen LogP contribution in [0, 0.1) is 17.7 Å². The van der Waals surface area contributed by atoms with Crippen molar-refractivity contribution in [3.05, 3.63) is 53.6 Å². The third kappa shape index (κ3) is 7.16. The number of methoxy groups -OCH3 is 1. The zero-order chi connectivity index (χ0) is 26.2. The molecule has 1 saturated heterocycles. The maximum Gasteiger partial charge on any atom is 0.329 e. The van der Waals surface area contributed by atoms with E-state index in [4.69, 9.17) is 14.2 Å². The van der Waals surface area contributed by atoms with E-state index in [-0.39, 0.29) is 29.3 Å². The van der Waals surface area contributed by atoms with Gasteiger partial charge in [0.15, 0.2) is 17.2 Å². The molecule has 196 valence electrons. The first-order valence-electron chi connectivity index (χ1n) is 12.3. The minimum absolute atomic E-state index is 0.0237. The van der Waals surface area contributed by atoms with Crippen LogP contribution in [0.15, 0.2) is 36.5 Å². The summed E-state index contributed by atoms with van der Waals surface area (Å²) in [5, 5.41) is 12.9. The number of nitrogens with one attached hydrogen (secondary N) is 1. The Balaban J connectivity index is 1.78. The SMILES string of the molecule is COc1ccnc(C(=O)NC2CCCC(Cc3ccc(F)cc3)C(OCC(C)C)C(C)OC2=O)c1O. The van der Waals surface area contributed by atoms with Crippen LogP contribution in [0.4, 0.5) is 4.39 Å². The van der Waals surface area contributed by atoms with E-state index in [0.717, 1.165) is 12.0 Å². The van der Waals surface area contributed by atoms with Gasteiger partial charge in [-0.05, 0) is 55.7 Å². The number of aromatic nitrogens is 1. The molecule has 0 radical (unpaired) electrons. The summed E-state index contributed by atoms with van der Waals surface area (Å²) in [7, 11) is 1.37. The Morgan fingerprint density at radius 2 is 1.97 bits per heavy atom. The number of esters is 1. The first kappa shape index (κ1) is 27.4. The number of amides is 1. The number of hydrogen-bond acceptors (Lipinski definition) is 7. The van der Waals surface area contributed by atoms with Crippen LogP contribution in [-0.2, 0) is 20.7 Å². The Morgan fingerprint density at radius 1 is 1.25 bits per heavy atom. The van der Waals surface area contributed by atoms with Gasteiger partial charge in [-0.1, -0.05) is 32.4 Å². The number of benzene rings is 1. The predicted molar refractivity (Wildman–Crippen MR) is 131 cm³/mol. The number of cyclic esters (lactones) is 1. The fourth-order valence-corrected chi connectivity index (χ4v) is 4.42. The van der Waals surface area contributed by atoms with Gasteiger partial charge in [0.1, 0.15) is 18.0 Å². The average molecular weight is 503 g/mol. The van der Waals surface area contributed by atoms with Gasteiger partial charge in [-0.25, -0.2) is 14.2 Å². The summed E-state index contributed by atoms with van der Waals surface area (Å²) in [6.07, 6.45) is 2.74. The fourth-order valence-electron chi connectivity index (χ4n) is 4.42. The lowest BCUT2D eigenvalue weighted by atomic mass is 9.86. The van der Waals surface area contributed by atoms with Gasteiger partial charge < -0.3 is 24.6 Å². The number of pyridine rings is 1. The molecule has 36 heavy (non-hydrogen) atoms. The van der Waals surface area contributed by atoms with E-state index in [1.165, 1.54) is 31.5 Å². The molecule has 1 aromatic heterocycles. The normalized spacial score (nSPS) is 22.8. The van der Waals surface area contributed by atoms with Crippen LogP contribution in [0.5, 0.6) is 11.5 Å². The fraction of sp³-hybridized carbons (Fsp3) is 0.519. The molecule has 3 rings (SSSR count). The van der Waals surface area contributed by atoms with E-state index in [1.807, 2.05) is 13.8 Å². The van der Waals surface area contributed by atoms with Crippen LogP contribution in [0.1, 0.15) is 56.1 Å². The highest BCUT2D eigenvalue weighted by Crippen LogP contribution is 2.29. The molecule has 1 aromatic carbocycles. The number of carbonyl (C=O) groups excluding carboxylic acids is 2. The maximum absolute atomic E-state index is 13.4. The standard InChI is InChI=1S/C27H35FN2O6/c1-16(2)15-35-25-17(3)36-27(33)21(30-26(32)23-24(31)22(34-4)12-13-29-23)7-5-6-19(25)14-18-8-10-20(28)11-9-18/h8-13,16-17,19,21,25,31H,5-7,14-15H2,1-4H3,(H,30,32). The van der Waals surface area contributed by atoms with Gasteiger partial charge in [0, 0.05) is 18.9 Å². The van der Waals surface area contributed by atoms with Gasteiger partial charge in [0.05, 0.1) is 13.2 Å². The average Bonchev–Trinajstić information content (AvgIpc) is 2.88. The first-order valence-corrected chi connectivity index (χ1v) is 12.3. The Hall–Kier alpha value is -3.20. The van der Waals surface area contributed by atoms with Crippen LogP contribution in [-0.4, -0.2) is 53.9 Å². The van der Waals surface area contributed by atoms with Crippen molar-refractivity contribution in [3.63, 3.8) is 0 Å². The van der Waals surface area contributed by atoms with E-state index in [2.05, 4.69) is 10.3 Å². The molecule has 2 aromatic rings. The molecular weight excluding hydrogens is 467 g/mol. The van der Waals surface area contributed by atoms with Crippen LogP contribution in [0.2, 0.25) is 0 Å². The van der Waals surface area contributed by atoms with Crippen LogP contribution >= 0.6 is 0 Å². The first-order chi connectivity index (χ1) is 17.2.